The van der Waals surface area contributed by atoms with Gasteiger partial charge in [0.2, 0.25) is 0 Å². The highest BCUT2D eigenvalue weighted by Crippen LogP contribution is 2.24. The Labute approximate surface area is 113 Å². The SMILES string of the molecule is CC(C)n1ccnc(NCC2CCC(O)CC2)c1=O. The molecule has 5 nitrogen and oxygen atoms in total. The molecule has 5 heteroatoms. The minimum absolute atomic E-state index is 0.0617. The van der Waals surface area contributed by atoms with Crippen molar-refractivity contribution in [3.05, 3.63) is 22.7 Å². The van der Waals surface area contributed by atoms with Crippen LogP contribution in [0, 0.1) is 5.92 Å². The molecular weight excluding hydrogens is 242 g/mol. The van der Waals surface area contributed by atoms with Crippen LogP contribution in [0.1, 0.15) is 45.6 Å². The predicted molar refractivity (Wildman–Crippen MR) is 75.3 cm³/mol. The summed E-state index contributed by atoms with van der Waals surface area (Å²) in [5.41, 5.74) is -0.0617. The fraction of sp³-hybridized carbons (Fsp3) is 0.714. The van der Waals surface area contributed by atoms with Crippen molar-refractivity contribution in [2.75, 3.05) is 11.9 Å². The van der Waals surface area contributed by atoms with Crippen LogP contribution in [0.25, 0.3) is 0 Å². The minimum atomic E-state index is -0.135. The van der Waals surface area contributed by atoms with Crippen LogP contribution in [0.15, 0.2) is 17.2 Å². The molecule has 0 aromatic carbocycles. The van der Waals surface area contributed by atoms with Crippen molar-refractivity contribution >= 4 is 5.82 Å². The zero-order chi connectivity index (χ0) is 13.8. The zero-order valence-electron chi connectivity index (χ0n) is 11.7. The maximum Gasteiger partial charge on any atom is 0.293 e. The highest BCUT2D eigenvalue weighted by Gasteiger charge is 2.19. The van der Waals surface area contributed by atoms with E-state index in [-0.39, 0.29) is 17.7 Å². The van der Waals surface area contributed by atoms with Gasteiger partial charge in [-0.25, -0.2) is 4.98 Å². The molecule has 1 heterocycles. The van der Waals surface area contributed by atoms with E-state index in [1.54, 1.807) is 17.0 Å². The summed E-state index contributed by atoms with van der Waals surface area (Å²) < 4.78 is 1.68. The van der Waals surface area contributed by atoms with Crippen LogP contribution in [0.5, 0.6) is 0 Å². The third-order valence-electron chi connectivity index (χ3n) is 3.80. The van der Waals surface area contributed by atoms with Crippen LogP contribution in [0.2, 0.25) is 0 Å². The number of aliphatic hydroxyl groups excluding tert-OH is 1. The second-order valence-electron chi connectivity index (χ2n) is 5.64. The van der Waals surface area contributed by atoms with Crippen molar-refractivity contribution in [3.8, 4) is 0 Å². The van der Waals surface area contributed by atoms with Gasteiger partial charge in [-0.2, -0.15) is 0 Å². The molecule has 1 aliphatic carbocycles. The molecule has 1 saturated carbocycles. The highest BCUT2D eigenvalue weighted by atomic mass is 16.3. The molecule has 19 heavy (non-hydrogen) atoms. The Morgan fingerprint density at radius 3 is 2.74 bits per heavy atom. The smallest absolute Gasteiger partial charge is 0.293 e. The summed E-state index contributed by atoms with van der Waals surface area (Å²) >= 11 is 0. The summed E-state index contributed by atoms with van der Waals surface area (Å²) in [6.07, 6.45) is 7.00. The summed E-state index contributed by atoms with van der Waals surface area (Å²) in [6, 6.07) is 0.140. The molecule has 0 atom stereocenters. The quantitative estimate of drug-likeness (QED) is 0.871. The zero-order valence-corrected chi connectivity index (χ0v) is 11.7. The number of hydrogen-bond acceptors (Lipinski definition) is 4. The average molecular weight is 265 g/mol. The van der Waals surface area contributed by atoms with Gasteiger partial charge in [0, 0.05) is 25.0 Å². The van der Waals surface area contributed by atoms with Crippen LogP contribution in [0.3, 0.4) is 0 Å². The van der Waals surface area contributed by atoms with E-state index < -0.39 is 0 Å². The van der Waals surface area contributed by atoms with Crippen LogP contribution < -0.4 is 10.9 Å². The fourth-order valence-corrected chi connectivity index (χ4v) is 2.54. The molecule has 0 amide bonds. The molecule has 0 bridgehead atoms. The van der Waals surface area contributed by atoms with Gasteiger partial charge in [0.15, 0.2) is 5.82 Å². The van der Waals surface area contributed by atoms with Gasteiger partial charge < -0.3 is 15.0 Å². The summed E-state index contributed by atoms with van der Waals surface area (Å²) in [4.78, 5) is 16.3. The van der Waals surface area contributed by atoms with Gasteiger partial charge >= 0.3 is 0 Å². The van der Waals surface area contributed by atoms with E-state index in [2.05, 4.69) is 10.3 Å². The van der Waals surface area contributed by atoms with Crippen molar-refractivity contribution in [1.82, 2.24) is 9.55 Å². The second kappa shape index (κ2) is 6.19. The Morgan fingerprint density at radius 1 is 1.42 bits per heavy atom. The largest absolute Gasteiger partial charge is 0.393 e. The molecule has 0 aliphatic heterocycles. The Bertz CT molecular complexity index is 462. The second-order valence-corrected chi connectivity index (χ2v) is 5.64. The van der Waals surface area contributed by atoms with Gasteiger partial charge in [-0.1, -0.05) is 0 Å². The Balaban J connectivity index is 1.96. The van der Waals surface area contributed by atoms with Crippen LogP contribution in [0.4, 0.5) is 5.82 Å². The van der Waals surface area contributed by atoms with E-state index in [9.17, 15) is 9.90 Å². The van der Waals surface area contributed by atoms with Gasteiger partial charge in [0.25, 0.3) is 5.56 Å². The molecule has 1 aromatic rings. The molecule has 106 valence electrons. The third-order valence-corrected chi connectivity index (χ3v) is 3.80. The van der Waals surface area contributed by atoms with Gasteiger partial charge in [0.05, 0.1) is 6.10 Å². The Hall–Kier alpha value is -1.36. The average Bonchev–Trinajstić information content (AvgIpc) is 2.39. The lowest BCUT2D eigenvalue weighted by molar-refractivity contribution is 0.111. The molecular formula is C14H23N3O2. The molecule has 0 spiro atoms. The van der Waals surface area contributed by atoms with Gasteiger partial charge in [-0.05, 0) is 45.4 Å². The first-order chi connectivity index (χ1) is 9.08. The van der Waals surface area contributed by atoms with E-state index >= 15 is 0 Å². The molecule has 0 saturated heterocycles. The van der Waals surface area contributed by atoms with Crippen molar-refractivity contribution in [3.63, 3.8) is 0 Å². The third kappa shape index (κ3) is 3.56. The topological polar surface area (TPSA) is 67.2 Å². The molecule has 1 aliphatic rings. The number of aliphatic hydroxyl groups is 1. The standard InChI is InChI=1S/C14H23N3O2/c1-10(2)17-8-7-15-13(14(17)19)16-9-11-3-5-12(18)6-4-11/h7-8,10-12,18H,3-6,9H2,1-2H3,(H,15,16). The van der Waals surface area contributed by atoms with Crippen molar-refractivity contribution in [1.29, 1.82) is 0 Å². The van der Waals surface area contributed by atoms with Crippen LogP contribution >= 0.6 is 0 Å². The summed E-state index contributed by atoms with van der Waals surface area (Å²) in [5, 5.41) is 12.6. The predicted octanol–water partition coefficient (Wildman–Crippen LogP) is 1.79. The number of nitrogens with zero attached hydrogens (tertiary/aromatic N) is 2. The molecule has 2 N–H and O–H groups in total. The van der Waals surface area contributed by atoms with Gasteiger partial charge in [-0.3, -0.25) is 4.79 Å². The molecule has 1 aromatic heterocycles. The summed E-state index contributed by atoms with van der Waals surface area (Å²) in [6.45, 7) is 4.72. The molecule has 0 unspecified atom stereocenters. The van der Waals surface area contributed by atoms with Crippen LogP contribution in [-0.2, 0) is 0 Å². The summed E-state index contributed by atoms with van der Waals surface area (Å²) in [5.74, 6) is 0.958. The van der Waals surface area contributed by atoms with E-state index in [1.807, 2.05) is 13.8 Å². The van der Waals surface area contributed by atoms with Crippen molar-refractivity contribution in [2.24, 2.45) is 5.92 Å². The fourth-order valence-electron chi connectivity index (χ4n) is 2.54. The lowest BCUT2D eigenvalue weighted by Gasteiger charge is -2.25. The number of rotatable bonds is 4. The van der Waals surface area contributed by atoms with E-state index in [0.717, 1.165) is 32.2 Å². The number of aromatic nitrogens is 2. The minimum Gasteiger partial charge on any atom is -0.393 e. The van der Waals surface area contributed by atoms with Crippen LogP contribution in [-0.4, -0.2) is 27.3 Å². The van der Waals surface area contributed by atoms with Crippen molar-refractivity contribution in [2.45, 2.75) is 51.7 Å². The van der Waals surface area contributed by atoms with Gasteiger partial charge in [0.1, 0.15) is 0 Å². The first-order valence-electron chi connectivity index (χ1n) is 7.07. The Kier molecular flexibility index (Phi) is 4.58. The highest BCUT2D eigenvalue weighted by molar-refractivity contribution is 5.30. The van der Waals surface area contributed by atoms with E-state index in [0.29, 0.717) is 11.7 Å². The maximum atomic E-state index is 12.1. The first kappa shape index (κ1) is 14.1. The first-order valence-corrected chi connectivity index (χ1v) is 7.07. The molecule has 1 fully saturated rings. The number of hydrogen-bond donors (Lipinski definition) is 2. The number of nitrogens with one attached hydrogen (secondary N) is 1. The van der Waals surface area contributed by atoms with E-state index in [4.69, 9.17) is 0 Å². The van der Waals surface area contributed by atoms with E-state index in [1.165, 1.54) is 0 Å². The monoisotopic (exact) mass is 265 g/mol. The van der Waals surface area contributed by atoms with Crippen molar-refractivity contribution < 1.29 is 5.11 Å². The normalized spacial score (nSPS) is 23.6. The van der Waals surface area contributed by atoms with Gasteiger partial charge in [-0.15, -0.1) is 0 Å². The summed E-state index contributed by atoms with van der Waals surface area (Å²) in [7, 11) is 0. The lowest BCUT2D eigenvalue weighted by atomic mass is 9.87. The maximum absolute atomic E-state index is 12.1. The molecule has 0 radical (unpaired) electrons. The lowest BCUT2D eigenvalue weighted by Crippen LogP contribution is -2.29. The number of anilines is 1. The Morgan fingerprint density at radius 2 is 2.11 bits per heavy atom. The molecule has 2 rings (SSSR count).